The van der Waals surface area contributed by atoms with E-state index in [1.54, 1.807) is 7.11 Å². The molecule has 7 heteroatoms. The molecule has 0 bridgehead atoms. The number of ether oxygens (including phenoxy) is 1. The number of hydrogen-bond donors (Lipinski definition) is 0. The molecule has 0 saturated heterocycles. The Hall–Kier alpha value is -2.38. The zero-order chi connectivity index (χ0) is 17.1. The highest BCUT2D eigenvalue weighted by Crippen LogP contribution is 2.22. The van der Waals surface area contributed by atoms with E-state index in [1.807, 2.05) is 4.57 Å². The minimum absolute atomic E-state index is 0.237. The molecule has 0 aliphatic rings. The van der Waals surface area contributed by atoms with E-state index in [4.69, 9.17) is 4.74 Å². The first-order valence-corrected chi connectivity index (χ1v) is 8.36. The molecule has 0 atom stereocenters. The molecule has 0 unspecified atom stereocenters. The van der Waals surface area contributed by atoms with Gasteiger partial charge in [0.05, 0.1) is 23.0 Å². The highest BCUT2D eigenvalue weighted by atomic mass is 32.1. The predicted octanol–water partition coefficient (Wildman–Crippen LogP) is 2.50. The number of fused-ring (bicyclic) bond motifs is 1. The lowest BCUT2D eigenvalue weighted by molar-refractivity contribution is 0.0992. The van der Waals surface area contributed by atoms with E-state index in [0.29, 0.717) is 18.0 Å². The predicted molar refractivity (Wildman–Crippen MR) is 93.1 cm³/mol. The van der Waals surface area contributed by atoms with Gasteiger partial charge < -0.3 is 9.30 Å². The third-order valence-electron chi connectivity index (χ3n) is 3.80. The van der Waals surface area contributed by atoms with Crippen LogP contribution in [0.4, 0.5) is 0 Å². The highest BCUT2D eigenvalue weighted by molar-refractivity contribution is 7.16. The van der Waals surface area contributed by atoms with Crippen molar-refractivity contribution in [2.75, 3.05) is 13.7 Å². The number of nitrogens with zero attached hydrogens (tertiary/aromatic N) is 4. The fraction of sp³-hybridized carbons (Fsp3) is 0.294. The Bertz CT molecular complexity index is 944. The van der Waals surface area contributed by atoms with Crippen LogP contribution >= 0.6 is 11.3 Å². The molecule has 124 valence electrons. The molecule has 1 amide bonds. The normalized spacial score (nSPS) is 12.0. The van der Waals surface area contributed by atoms with Gasteiger partial charge in [-0.2, -0.15) is 4.99 Å². The van der Waals surface area contributed by atoms with Crippen molar-refractivity contribution in [1.29, 1.82) is 0 Å². The topological polar surface area (TPSA) is 69.4 Å². The molecular formula is C17H18N4O2S. The van der Waals surface area contributed by atoms with Gasteiger partial charge in [-0.25, -0.2) is 4.98 Å². The summed E-state index contributed by atoms with van der Waals surface area (Å²) in [6.07, 6.45) is 4.44. The zero-order valence-electron chi connectivity index (χ0n) is 13.8. The second-order valence-electron chi connectivity index (χ2n) is 5.44. The summed E-state index contributed by atoms with van der Waals surface area (Å²) in [4.78, 5) is 25.2. The third-order valence-corrected chi connectivity index (χ3v) is 4.84. The summed E-state index contributed by atoms with van der Waals surface area (Å²) >= 11 is 1.49. The fourth-order valence-electron chi connectivity index (χ4n) is 2.36. The van der Waals surface area contributed by atoms with E-state index >= 15 is 0 Å². The number of carbonyl (C=O) groups excluding carboxylic acids is 1. The molecule has 0 fully saturated rings. The zero-order valence-corrected chi connectivity index (χ0v) is 14.6. The fourth-order valence-corrected chi connectivity index (χ4v) is 3.49. The van der Waals surface area contributed by atoms with Gasteiger partial charge in [-0.05, 0) is 37.1 Å². The molecule has 0 aliphatic heterocycles. The van der Waals surface area contributed by atoms with Gasteiger partial charge in [0.2, 0.25) is 0 Å². The Morgan fingerprint density at radius 3 is 2.79 bits per heavy atom. The van der Waals surface area contributed by atoms with E-state index in [-0.39, 0.29) is 5.69 Å². The number of rotatable bonds is 4. The van der Waals surface area contributed by atoms with Gasteiger partial charge in [0.25, 0.3) is 5.91 Å². The van der Waals surface area contributed by atoms with Gasteiger partial charge in [0.1, 0.15) is 5.69 Å². The van der Waals surface area contributed by atoms with Crippen molar-refractivity contribution in [3.8, 4) is 0 Å². The van der Waals surface area contributed by atoms with E-state index < -0.39 is 5.91 Å². The van der Waals surface area contributed by atoms with Crippen LogP contribution in [0.5, 0.6) is 0 Å². The number of methoxy groups -OCH3 is 1. The van der Waals surface area contributed by atoms with Crippen LogP contribution in [0.2, 0.25) is 0 Å². The monoisotopic (exact) mass is 342 g/mol. The summed E-state index contributed by atoms with van der Waals surface area (Å²) < 4.78 is 8.31. The number of amides is 1. The van der Waals surface area contributed by atoms with Crippen molar-refractivity contribution in [2.45, 2.75) is 20.4 Å². The molecule has 0 radical (unpaired) electrons. The summed E-state index contributed by atoms with van der Waals surface area (Å²) in [5.74, 6) is -0.394. The van der Waals surface area contributed by atoms with Gasteiger partial charge in [-0.3, -0.25) is 9.78 Å². The standard InChI is InChI=1S/C17H18N4O2S/c1-11-8-14-15(9-12(11)2)24-17(21(14)6-7-23-3)20-16(22)13-10-18-4-5-19-13/h4-5,8-10H,6-7H2,1-3H3. The minimum atomic E-state index is -0.394. The summed E-state index contributed by atoms with van der Waals surface area (Å²) in [5.41, 5.74) is 3.72. The lowest BCUT2D eigenvalue weighted by Gasteiger charge is -2.06. The number of carbonyl (C=O) groups is 1. The van der Waals surface area contributed by atoms with Crippen molar-refractivity contribution in [3.05, 3.63) is 52.3 Å². The molecule has 0 aliphatic carbocycles. The second kappa shape index (κ2) is 7.02. The average molecular weight is 342 g/mol. The largest absolute Gasteiger partial charge is 0.383 e. The van der Waals surface area contributed by atoms with Gasteiger partial charge in [-0.1, -0.05) is 11.3 Å². The summed E-state index contributed by atoms with van der Waals surface area (Å²) in [6.45, 7) is 5.33. The first kappa shape index (κ1) is 16.5. The summed E-state index contributed by atoms with van der Waals surface area (Å²) in [5, 5.41) is 0. The highest BCUT2D eigenvalue weighted by Gasteiger charge is 2.11. The maximum Gasteiger partial charge on any atom is 0.299 e. The molecule has 6 nitrogen and oxygen atoms in total. The van der Waals surface area contributed by atoms with Gasteiger partial charge in [-0.15, -0.1) is 0 Å². The van der Waals surface area contributed by atoms with E-state index in [9.17, 15) is 4.79 Å². The second-order valence-corrected chi connectivity index (χ2v) is 6.45. The molecule has 0 saturated carbocycles. The molecular weight excluding hydrogens is 324 g/mol. The van der Waals surface area contributed by atoms with Crippen molar-refractivity contribution in [2.24, 2.45) is 4.99 Å². The third kappa shape index (κ3) is 3.27. The Balaban J connectivity index is 2.15. The van der Waals surface area contributed by atoms with Crippen LogP contribution in [-0.2, 0) is 11.3 Å². The first-order chi connectivity index (χ1) is 11.6. The van der Waals surface area contributed by atoms with Crippen molar-refractivity contribution in [3.63, 3.8) is 0 Å². The summed E-state index contributed by atoms with van der Waals surface area (Å²) in [6, 6.07) is 4.26. The maximum atomic E-state index is 12.3. The van der Waals surface area contributed by atoms with Crippen molar-refractivity contribution < 1.29 is 9.53 Å². The molecule has 3 aromatic rings. The lowest BCUT2D eigenvalue weighted by Crippen LogP contribution is -2.19. The average Bonchev–Trinajstić information content (AvgIpc) is 2.90. The Kier molecular flexibility index (Phi) is 4.82. The van der Waals surface area contributed by atoms with Crippen molar-refractivity contribution >= 4 is 27.5 Å². The first-order valence-electron chi connectivity index (χ1n) is 7.54. The maximum absolute atomic E-state index is 12.3. The number of benzene rings is 1. The quantitative estimate of drug-likeness (QED) is 0.730. The number of aromatic nitrogens is 3. The molecule has 2 aromatic heterocycles. The van der Waals surface area contributed by atoms with Gasteiger partial charge in [0, 0.05) is 26.0 Å². The van der Waals surface area contributed by atoms with E-state index in [2.05, 4.69) is 40.9 Å². The Morgan fingerprint density at radius 1 is 1.29 bits per heavy atom. The number of thiazole rings is 1. The molecule has 1 aromatic carbocycles. The smallest absolute Gasteiger partial charge is 0.299 e. The van der Waals surface area contributed by atoms with Crippen molar-refractivity contribution in [1.82, 2.24) is 14.5 Å². The molecule has 0 N–H and O–H groups in total. The van der Waals surface area contributed by atoms with Crippen LogP contribution in [0.15, 0.2) is 35.7 Å². The van der Waals surface area contributed by atoms with Crippen LogP contribution < -0.4 is 4.80 Å². The van der Waals surface area contributed by atoms with Crippen LogP contribution in [0.1, 0.15) is 21.6 Å². The molecule has 3 rings (SSSR count). The van der Waals surface area contributed by atoms with E-state index in [0.717, 1.165) is 10.2 Å². The van der Waals surface area contributed by atoms with Gasteiger partial charge >= 0.3 is 0 Å². The van der Waals surface area contributed by atoms with Crippen LogP contribution in [0, 0.1) is 13.8 Å². The summed E-state index contributed by atoms with van der Waals surface area (Å²) in [7, 11) is 1.66. The van der Waals surface area contributed by atoms with E-state index in [1.165, 1.54) is 41.1 Å². The minimum Gasteiger partial charge on any atom is -0.383 e. The van der Waals surface area contributed by atoms with Gasteiger partial charge in [0.15, 0.2) is 4.80 Å². The van der Waals surface area contributed by atoms with Crippen LogP contribution in [0.3, 0.4) is 0 Å². The molecule has 2 heterocycles. The molecule has 0 spiro atoms. The van der Waals surface area contributed by atoms with Crippen LogP contribution in [-0.4, -0.2) is 34.2 Å². The number of hydrogen-bond acceptors (Lipinski definition) is 5. The lowest BCUT2D eigenvalue weighted by atomic mass is 10.1. The molecule has 24 heavy (non-hydrogen) atoms. The Morgan fingerprint density at radius 2 is 2.08 bits per heavy atom. The van der Waals surface area contributed by atoms with Crippen LogP contribution in [0.25, 0.3) is 10.2 Å². The SMILES string of the molecule is COCCn1c(=NC(=O)c2cnccn2)sc2cc(C)c(C)cc21. The Labute approximate surface area is 143 Å². The number of aryl methyl sites for hydroxylation is 2.